The molecule has 0 amide bonds. The number of hydrogen-bond donors (Lipinski definition) is 1. The molecule has 0 aliphatic heterocycles. The van der Waals surface area contributed by atoms with Crippen molar-refractivity contribution >= 4 is 27.3 Å². The van der Waals surface area contributed by atoms with Crippen LogP contribution in [0.25, 0.3) is 5.65 Å². The lowest BCUT2D eigenvalue weighted by Crippen LogP contribution is -2.26. The molecule has 0 aliphatic rings. The first kappa shape index (κ1) is 16.3. The summed E-state index contributed by atoms with van der Waals surface area (Å²) in [6.45, 7) is 4.72. The molecule has 0 bridgehead atoms. The highest BCUT2D eigenvalue weighted by Gasteiger charge is 2.23. The summed E-state index contributed by atoms with van der Waals surface area (Å²) < 4.78 is 28.8. The molecule has 21 heavy (non-hydrogen) atoms. The highest BCUT2D eigenvalue weighted by atomic mass is 35.5. The van der Waals surface area contributed by atoms with E-state index >= 15 is 0 Å². The third kappa shape index (κ3) is 3.96. The Morgan fingerprint density at radius 1 is 1.33 bits per heavy atom. The van der Waals surface area contributed by atoms with E-state index in [0.29, 0.717) is 18.1 Å². The monoisotopic (exact) mass is 329 g/mol. The lowest BCUT2D eigenvalue weighted by atomic mass is 10.1. The smallest absolute Gasteiger partial charge is 0.259 e. The summed E-state index contributed by atoms with van der Waals surface area (Å²) in [7, 11) is -3.66. The fourth-order valence-corrected chi connectivity index (χ4v) is 3.85. The van der Waals surface area contributed by atoms with Gasteiger partial charge in [-0.1, -0.05) is 44.4 Å². The highest BCUT2D eigenvalue weighted by Crippen LogP contribution is 2.22. The van der Waals surface area contributed by atoms with Crippen molar-refractivity contribution in [2.45, 2.75) is 38.1 Å². The standard InChI is InChI=1S/C14H20ClN3O2S/c1-11(2)7-3-5-9-16-21(19,20)14-13(15)17-12-8-4-6-10-18(12)14/h4,6,8,10-11,16H,3,5,7,9H2,1-2H3. The Bertz CT molecular complexity index is 710. The molecule has 0 atom stereocenters. The molecule has 7 heteroatoms. The number of rotatable bonds is 7. The number of fused-ring (bicyclic) bond motifs is 1. The maximum atomic E-state index is 12.4. The molecule has 0 fully saturated rings. The number of unbranched alkanes of at least 4 members (excludes halogenated alkanes) is 1. The van der Waals surface area contributed by atoms with Gasteiger partial charge in [0, 0.05) is 12.7 Å². The lowest BCUT2D eigenvalue weighted by molar-refractivity contribution is 0.529. The van der Waals surface area contributed by atoms with Gasteiger partial charge in [-0.3, -0.25) is 4.40 Å². The van der Waals surface area contributed by atoms with Crippen molar-refractivity contribution in [1.29, 1.82) is 0 Å². The van der Waals surface area contributed by atoms with Crippen molar-refractivity contribution in [3.05, 3.63) is 29.5 Å². The minimum absolute atomic E-state index is 0.00336. The summed E-state index contributed by atoms with van der Waals surface area (Å²) in [4.78, 5) is 4.06. The fraction of sp³-hybridized carbons (Fsp3) is 0.500. The molecule has 2 aromatic rings. The zero-order valence-corrected chi connectivity index (χ0v) is 13.8. The van der Waals surface area contributed by atoms with Gasteiger partial charge in [-0.15, -0.1) is 0 Å². The van der Waals surface area contributed by atoms with Crippen LogP contribution in [0.2, 0.25) is 5.15 Å². The molecule has 0 saturated heterocycles. The maximum Gasteiger partial charge on any atom is 0.259 e. The van der Waals surface area contributed by atoms with Crippen molar-refractivity contribution in [3.8, 4) is 0 Å². The fourth-order valence-electron chi connectivity index (χ4n) is 2.14. The summed E-state index contributed by atoms with van der Waals surface area (Å²) in [6.07, 6.45) is 4.55. The molecule has 0 saturated carbocycles. The predicted molar refractivity (Wildman–Crippen MR) is 84.1 cm³/mol. The minimum Gasteiger partial charge on any atom is -0.288 e. The summed E-state index contributed by atoms with van der Waals surface area (Å²) >= 11 is 5.98. The second kappa shape index (κ2) is 6.77. The van der Waals surface area contributed by atoms with E-state index in [0.717, 1.165) is 19.3 Å². The molecule has 0 spiro atoms. The number of nitrogens with one attached hydrogen (secondary N) is 1. The van der Waals surface area contributed by atoms with Crippen LogP contribution < -0.4 is 4.72 Å². The summed E-state index contributed by atoms with van der Waals surface area (Å²) in [5, 5.41) is -0.000457. The van der Waals surface area contributed by atoms with Gasteiger partial charge in [0.2, 0.25) is 0 Å². The topological polar surface area (TPSA) is 63.5 Å². The molecular formula is C14H20ClN3O2S. The van der Waals surface area contributed by atoms with E-state index in [2.05, 4.69) is 23.6 Å². The summed E-state index contributed by atoms with van der Waals surface area (Å²) in [5.41, 5.74) is 0.516. The normalized spacial score (nSPS) is 12.4. The van der Waals surface area contributed by atoms with E-state index in [-0.39, 0.29) is 10.2 Å². The van der Waals surface area contributed by atoms with E-state index in [1.54, 1.807) is 24.4 Å². The first-order valence-electron chi connectivity index (χ1n) is 7.04. The number of imidazole rings is 1. The van der Waals surface area contributed by atoms with Gasteiger partial charge in [-0.2, -0.15) is 0 Å². The van der Waals surface area contributed by atoms with Crippen LogP contribution >= 0.6 is 11.6 Å². The number of halogens is 1. The molecule has 0 aromatic carbocycles. The molecule has 1 N–H and O–H groups in total. The molecule has 116 valence electrons. The summed E-state index contributed by atoms with van der Waals surface area (Å²) in [5.74, 6) is 0.634. The molecule has 2 rings (SSSR count). The molecule has 2 aromatic heterocycles. The van der Waals surface area contributed by atoms with Crippen molar-refractivity contribution in [2.75, 3.05) is 6.54 Å². The number of sulfonamides is 1. The largest absolute Gasteiger partial charge is 0.288 e. The van der Waals surface area contributed by atoms with Gasteiger partial charge in [0.1, 0.15) is 5.65 Å². The van der Waals surface area contributed by atoms with E-state index in [9.17, 15) is 8.42 Å². The average Bonchev–Trinajstić information content (AvgIpc) is 2.74. The van der Waals surface area contributed by atoms with E-state index in [4.69, 9.17) is 11.6 Å². The van der Waals surface area contributed by atoms with Gasteiger partial charge in [-0.05, 0) is 24.5 Å². The zero-order chi connectivity index (χ0) is 15.5. The van der Waals surface area contributed by atoms with Crippen LogP contribution in [0, 0.1) is 5.92 Å². The minimum atomic E-state index is -3.66. The van der Waals surface area contributed by atoms with Gasteiger partial charge in [0.05, 0.1) is 0 Å². The van der Waals surface area contributed by atoms with Crippen molar-refractivity contribution < 1.29 is 8.42 Å². The number of pyridine rings is 1. The first-order chi connectivity index (χ1) is 9.92. The van der Waals surface area contributed by atoms with Crippen LogP contribution in [0.1, 0.15) is 33.1 Å². The van der Waals surface area contributed by atoms with Gasteiger partial charge in [0.15, 0.2) is 10.2 Å². The van der Waals surface area contributed by atoms with E-state index in [1.165, 1.54) is 4.40 Å². The zero-order valence-electron chi connectivity index (χ0n) is 12.2. The quantitative estimate of drug-likeness (QED) is 0.794. The molecule has 2 heterocycles. The molecule has 0 radical (unpaired) electrons. The first-order valence-corrected chi connectivity index (χ1v) is 8.90. The third-order valence-corrected chi connectivity index (χ3v) is 5.06. The average molecular weight is 330 g/mol. The predicted octanol–water partition coefficient (Wildman–Crippen LogP) is 3.09. The Balaban J connectivity index is 2.10. The van der Waals surface area contributed by atoms with Crippen molar-refractivity contribution in [3.63, 3.8) is 0 Å². The Labute approximate surface area is 130 Å². The third-order valence-electron chi connectivity index (χ3n) is 3.20. The van der Waals surface area contributed by atoms with Crippen molar-refractivity contribution in [2.24, 2.45) is 5.92 Å². The summed E-state index contributed by atoms with van der Waals surface area (Å²) in [6, 6.07) is 5.24. The molecule has 5 nitrogen and oxygen atoms in total. The highest BCUT2D eigenvalue weighted by molar-refractivity contribution is 7.89. The van der Waals surface area contributed by atoms with Crippen LogP contribution in [-0.2, 0) is 10.0 Å². The van der Waals surface area contributed by atoms with E-state index in [1.807, 2.05) is 0 Å². The van der Waals surface area contributed by atoms with Crippen LogP contribution in [0.4, 0.5) is 0 Å². The number of aromatic nitrogens is 2. The van der Waals surface area contributed by atoms with Crippen LogP contribution in [-0.4, -0.2) is 24.3 Å². The maximum absolute atomic E-state index is 12.4. The van der Waals surface area contributed by atoms with Gasteiger partial charge >= 0.3 is 0 Å². The van der Waals surface area contributed by atoms with E-state index < -0.39 is 10.0 Å². The van der Waals surface area contributed by atoms with Crippen LogP contribution in [0.15, 0.2) is 29.4 Å². The van der Waals surface area contributed by atoms with Gasteiger partial charge in [0.25, 0.3) is 10.0 Å². The van der Waals surface area contributed by atoms with Crippen molar-refractivity contribution in [1.82, 2.24) is 14.1 Å². The second-order valence-electron chi connectivity index (χ2n) is 5.42. The van der Waals surface area contributed by atoms with Crippen LogP contribution in [0.5, 0.6) is 0 Å². The van der Waals surface area contributed by atoms with Gasteiger partial charge in [-0.25, -0.2) is 18.1 Å². The Hall–Kier alpha value is -1.11. The van der Waals surface area contributed by atoms with Crippen LogP contribution in [0.3, 0.4) is 0 Å². The molecule has 0 aliphatic carbocycles. The Morgan fingerprint density at radius 2 is 2.10 bits per heavy atom. The molecular weight excluding hydrogens is 310 g/mol. The second-order valence-corrected chi connectivity index (χ2v) is 7.46. The Morgan fingerprint density at radius 3 is 2.81 bits per heavy atom. The lowest BCUT2D eigenvalue weighted by Gasteiger charge is -2.08. The van der Waals surface area contributed by atoms with Gasteiger partial charge < -0.3 is 0 Å². The number of nitrogens with zero attached hydrogens (tertiary/aromatic N) is 2. The number of hydrogen-bond acceptors (Lipinski definition) is 3. The molecule has 0 unspecified atom stereocenters. The Kier molecular flexibility index (Phi) is 5.24. The SMILES string of the molecule is CC(C)CCCCNS(=O)(=O)c1c(Cl)nc2ccccn12.